The first-order valence-electron chi connectivity index (χ1n) is 41.9. The van der Waals surface area contributed by atoms with Crippen molar-refractivity contribution < 1.29 is 105 Å². The Bertz CT molecular complexity index is 5560. The molecule has 10 rings (SSSR count). The molecule has 0 saturated carbocycles. The molecular weight excluding hydrogens is 1690 g/mol. The van der Waals surface area contributed by atoms with Crippen LogP contribution >= 0.6 is 0 Å². The highest BCUT2D eigenvalue weighted by Gasteiger charge is 2.27. The summed E-state index contributed by atoms with van der Waals surface area (Å²) >= 11 is 0. The summed E-state index contributed by atoms with van der Waals surface area (Å²) in [7, 11) is 9.63. The van der Waals surface area contributed by atoms with Gasteiger partial charge in [-0.25, -0.2) is 19.3 Å². The van der Waals surface area contributed by atoms with Crippen molar-refractivity contribution in [2.24, 2.45) is 42.3 Å². The number of carbonyl (C=O) groups is 9. The van der Waals surface area contributed by atoms with Gasteiger partial charge in [0.05, 0.1) is 136 Å². The quantitative estimate of drug-likeness (QED) is 0.0197. The lowest BCUT2D eigenvalue weighted by Gasteiger charge is -2.22. The fraction of sp³-hybridized carbons (Fsp3) is 0.420. The zero-order chi connectivity index (χ0) is 93.2. The van der Waals surface area contributed by atoms with E-state index in [-0.39, 0.29) is 133 Å². The molecule has 698 valence electrons. The lowest BCUT2D eigenvalue weighted by molar-refractivity contribution is -0.121. The van der Waals surface area contributed by atoms with E-state index in [1.807, 2.05) is 0 Å². The molecule has 7 heterocycles. The molecular formula is C88H112FN19O22. The van der Waals surface area contributed by atoms with Crippen LogP contribution < -0.4 is 62.9 Å². The maximum atomic E-state index is 14.3. The van der Waals surface area contributed by atoms with E-state index in [0.29, 0.717) is 174 Å². The van der Waals surface area contributed by atoms with Crippen molar-refractivity contribution in [3.05, 3.63) is 184 Å². The highest BCUT2D eigenvalue weighted by atomic mass is 19.1. The van der Waals surface area contributed by atoms with E-state index in [0.717, 1.165) is 0 Å². The number of aliphatic hydroxyl groups is 1. The van der Waals surface area contributed by atoms with Gasteiger partial charge in [0.1, 0.15) is 52.3 Å². The van der Waals surface area contributed by atoms with Gasteiger partial charge in [-0.3, -0.25) is 47.9 Å². The first-order chi connectivity index (χ1) is 62.5. The Morgan fingerprint density at radius 2 is 0.877 bits per heavy atom. The number of fused-ring (bicyclic) bond motifs is 1. The van der Waals surface area contributed by atoms with Crippen LogP contribution in [0, 0.1) is 19.7 Å². The summed E-state index contributed by atoms with van der Waals surface area (Å²) in [6, 6.07) is 19.4. The molecule has 3 aromatic carbocycles. The van der Waals surface area contributed by atoms with E-state index in [2.05, 4.69) is 67.8 Å². The van der Waals surface area contributed by atoms with Gasteiger partial charge >= 0.3 is 0 Å². The number of hydrogen-bond acceptors (Lipinski definition) is 25. The summed E-state index contributed by atoms with van der Waals surface area (Å²) in [5.41, 5.74) is 3.15. The third kappa shape index (κ3) is 30.2. The van der Waals surface area contributed by atoms with E-state index in [4.69, 9.17) is 52.1 Å². The molecule has 0 saturated heterocycles. The number of aryl methyl sites for hydroxylation is 8. The van der Waals surface area contributed by atoms with Crippen LogP contribution in [-0.2, 0) is 105 Å². The summed E-state index contributed by atoms with van der Waals surface area (Å²) in [6.07, 6.45) is 10.4. The third-order valence-corrected chi connectivity index (χ3v) is 19.6. The number of aromatic nitrogens is 10. The largest absolute Gasteiger partial charge is 0.491 e. The number of imidazole rings is 3. The third-order valence-electron chi connectivity index (χ3n) is 19.6. The van der Waals surface area contributed by atoms with Crippen molar-refractivity contribution in [3.63, 3.8) is 0 Å². The minimum Gasteiger partial charge on any atom is -0.491 e. The van der Waals surface area contributed by atoms with Gasteiger partial charge < -0.3 is 137 Å². The second-order valence-electron chi connectivity index (χ2n) is 30.3. The maximum absolute atomic E-state index is 14.3. The molecule has 0 fully saturated rings. The summed E-state index contributed by atoms with van der Waals surface area (Å²) in [6.45, 7) is 13.9. The van der Waals surface area contributed by atoms with Crippen LogP contribution in [0.3, 0.4) is 0 Å². The minimum atomic E-state index is -1.23. The van der Waals surface area contributed by atoms with Crippen molar-refractivity contribution >= 4 is 92.8 Å². The van der Waals surface area contributed by atoms with E-state index in [1.165, 1.54) is 71.9 Å². The predicted molar refractivity (Wildman–Crippen MR) is 475 cm³/mol. The molecule has 0 spiro atoms. The van der Waals surface area contributed by atoms with Gasteiger partial charge in [-0.2, -0.15) is 0 Å². The number of anilines is 5. The molecule has 0 unspecified atom stereocenters. The maximum Gasteiger partial charge on any atom is 0.291 e. The summed E-state index contributed by atoms with van der Waals surface area (Å²) in [5, 5.41) is 35.6. The number of benzene rings is 3. The van der Waals surface area contributed by atoms with Gasteiger partial charge in [0.25, 0.3) is 41.0 Å². The summed E-state index contributed by atoms with van der Waals surface area (Å²) in [5.74, 6) is -3.13. The lowest BCUT2D eigenvalue weighted by Crippen LogP contribution is -2.33. The van der Waals surface area contributed by atoms with Gasteiger partial charge in [-0.05, 0) is 111 Å². The van der Waals surface area contributed by atoms with E-state index >= 15 is 0 Å². The van der Waals surface area contributed by atoms with E-state index in [9.17, 15) is 57.4 Å². The Kier molecular flexibility index (Phi) is 37.5. The zero-order valence-corrected chi connectivity index (χ0v) is 74.3. The topological polar surface area (TPSA) is 485 Å². The SMILES string of the molecule is Cc1cc(F)cc(C)c1Oc1ccc(C(C)(C)O)cc1-c1cn(C)c(=O)c2[nH]c(C(=O)Nc3ccc(OCCOCCOCCOCCOCCOCCOCCOCCOCCOCCNC(=O)CCNC(=O)c4nc(NC(=O)CCNC(=O)c5cc(NC(=O)c6nc(NC(=O)CCNC(=O)c7cc(NC(=O)c8nccn8C)cn7C)cn6C)cn5C)cn4C)cc3)cc12. The fourth-order valence-electron chi connectivity index (χ4n) is 13.0. The van der Waals surface area contributed by atoms with Crippen molar-refractivity contribution in [1.29, 1.82) is 0 Å². The van der Waals surface area contributed by atoms with Crippen LogP contribution in [0.1, 0.15) is 113 Å². The second-order valence-corrected chi connectivity index (χ2v) is 30.3. The van der Waals surface area contributed by atoms with Crippen LogP contribution in [0.25, 0.3) is 22.0 Å². The first-order valence-corrected chi connectivity index (χ1v) is 41.9. The number of nitrogens with zero attached hydrogens (tertiary/aromatic N) is 9. The standard InChI is InChI=1S/C88H112FN19O22/c1-56-45-59(89)46-57(2)77(56)130-70-16-11-58(88(3,4)119)47-64(70)66-53-108(10)87(118)76-65(66)50-67(98-76)81(112)95-60-12-14-63(15-13-60)129-44-43-128-42-41-127-40-39-126-38-37-125-36-35-124-34-33-123-32-31-122-30-29-121-28-27-120-26-24-90-73(109)17-20-94-84(115)79-101-71(54-106(79)8)99-74(110)18-21-93-83(114)69-49-62(52-105(69)7)97-86(117)80-102-72(55-107(80)9)100-75(111)19-22-92-82(113)68-48-61(51-104(68)6)96-85(116)78-91-23-25-103(78)5/h11-16,23,25,45-55,98,119H,17-22,24,26-44H2,1-10H3,(H,90,109)(H,92,113)(H,93,114)(H,94,115)(H,95,112)(H,96,116)(H,97,117)(H,99,110)(H,100,111). The molecule has 0 aliphatic carbocycles. The summed E-state index contributed by atoms with van der Waals surface area (Å²) < 4.78 is 85.4. The number of rotatable bonds is 55. The van der Waals surface area contributed by atoms with Gasteiger partial charge in [0.15, 0.2) is 17.5 Å². The normalized spacial score (nSPS) is 11.4. The Morgan fingerprint density at radius 3 is 1.35 bits per heavy atom. The molecule has 9 amide bonds. The van der Waals surface area contributed by atoms with E-state index < -0.39 is 52.9 Å². The molecule has 0 radical (unpaired) electrons. The number of amides is 9. The van der Waals surface area contributed by atoms with Crippen molar-refractivity contribution in [1.82, 2.24) is 68.6 Å². The highest BCUT2D eigenvalue weighted by Crippen LogP contribution is 2.41. The molecule has 10 aromatic rings. The average molecular weight is 1810 g/mol. The molecule has 0 aliphatic heterocycles. The number of aromatic amines is 1. The van der Waals surface area contributed by atoms with Crippen LogP contribution in [0.2, 0.25) is 0 Å². The van der Waals surface area contributed by atoms with Crippen LogP contribution in [0.5, 0.6) is 17.2 Å². The fourth-order valence-corrected chi connectivity index (χ4v) is 13.0. The predicted octanol–water partition coefficient (Wildman–Crippen LogP) is 5.93. The van der Waals surface area contributed by atoms with Crippen molar-refractivity contribution in [3.8, 4) is 28.4 Å². The highest BCUT2D eigenvalue weighted by molar-refractivity contribution is 6.09. The molecule has 0 atom stereocenters. The molecule has 0 bridgehead atoms. The smallest absolute Gasteiger partial charge is 0.291 e. The number of ether oxygens (including phenoxy) is 11. The molecule has 42 heteroatoms. The Balaban J connectivity index is 0.465. The van der Waals surface area contributed by atoms with Gasteiger partial charge in [-0.1, -0.05) is 6.07 Å². The first kappa shape index (κ1) is 98.9. The monoisotopic (exact) mass is 1810 g/mol. The van der Waals surface area contributed by atoms with Gasteiger partial charge in [-0.15, -0.1) is 0 Å². The Hall–Kier alpha value is -13.3. The number of pyridine rings is 1. The van der Waals surface area contributed by atoms with Crippen LogP contribution in [0.15, 0.2) is 121 Å². The van der Waals surface area contributed by atoms with E-state index in [1.54, 1.807) is 142 Å². The Morgan fingerprint density at radius 1 is 0.431 bits per heavy atom. The van der Waals surface area contributed by atoms with Crippen molar-refractivity contribution in [2.75, 3.05) is 178 Å². The van der Waals surface area contributed by atoms with Crippen LogP contribution in [0.4, 0.5) is 33.1 Å². The van der Waals surface area contributed by atoms with Crippen LogP contribution in [-0.4, -0.2) is 257 Å². The van der Waals surface area contributed by atoms with Crippen molar-refractivity contribution in [2.45, 2.75) is 52.6 Å². The molecule has 41 nitrogen and oxygen atoms in total. The van der Waals surface area contributed by atoms with Gasteiger partial charge in [0, 0.05) is 153 Å². The number of halogens is 1. The summed E-state index contributed by atoms with van der Waals surface area (Å²) in [4.78, 5) is 146. The minimum absolute atomic E-state index is 0.0126. The molecule has 0 aliphatic rings. The Labute approximate surface area is 748 Å². The average Bonchev–Trinajstić information content (AvgIpc) is 1.54. The number of hydrogen-bond donors (Lipinski definition) is 11. The second kappa shape index (κ2) is 49.3. The lowest BCUT2D eigenvalue weighted by atomic mass is 9.93. The van der Waals surface area contributed by atoms with Gasteiger partial charge in [0.2, 0.25) is 29.4 Å². The number of nitrogens with one attached hydrogen (secondary N) is 10. The number of carbonyl (C=O) groups excluding carboxylic acids is 9. The molecule has 7 aromatic heterocycles. The molecule has 11 N–H and O–H groups in total. The zero-order valence-electron chi connectivity index (χ0n) is 74.3. The number of H-pyrrole nitrogens is 1. The molecule has 130 heavy (non-hydrogen) atoms.